The minimum absolute atomic E-state index is 0. The highest BCUT2D eigenvalue weighted by atomic mass is 35.5. The van der Waals surface area contributed by atoms with Crippen molar-refractivity contribution in [2.24, 2.45) is 7.05 Å². The van der Waals surface area contributed by atoms with Gasteiger partial charge in [0.15, 0.2) is 5.82 Å². The van der Waals surface area contributed by atoms with Crippen molar-refractivity contribution in [1.82, 2.24) is 9.78 Å². The van der Waals surface area contributed by atoms with Crippen LogP contribution in [-0.4, -0.2) is 16.9 Å². The Hall–Kier alpha value is -1.68. The lowest BCUT2D eigenvalue weighted by Gasteiger charge is -2.06. The maximum Gasteiger partial charge on any atom is 0.151 e. The summed E-state index contributed by atoms with van der Waals surface area (Å²) < 4.78 is 7.00. The molecule has 0 aliphatic carbocycles. The van der Waals surface area contributed by atoms with Crippen molar-refractivity contribution in [1.29, 1.82) is 0 Å². The lowest BCUT2D eigenvalue weighted by Crippen LogP contribution is -2.02. The third-order valence-corrected chi connectivity index (χ3v) is 2.61. The summed E-state index contributed by atoms with van der Waals surface area (Å²) in [6.07, 6.45) is 1.99. The first-order chi connectivity index (χ1) is 8.19. The van der Waals surface area contributed by atoms with Crippen molar-refractivity contribution in [3.63, 3.8) is 0 Å². The molecule has 0 amide bonds. The number of nitrogens with zero attached hydrogens (tertiary/aromatic N) is 2. The van der Waals surface area contributed by atoms with E-state index in [4.69, 9.17) is 4.74 Å². The van der Waals surface area contributed by atoms with Gasteiger partial charge in [0.1, 0.15) is 5.75 Å². The molecule has 0 bridgehead atoms. The van der Waals surface area contributed by atoms with E-state index in [0.29, 0.717) is 0 Å². The number of anilines is 1. The van der Waals surface area contributed by atoms with E-state index in [1.165, 1.54) is 5.56 Å². The number of halogens is 1. The topological polar surface area (TPSA) is 39.1 Å². The van der Waals surface area contributed by atoms with Gasteiger partial charge in [-0.05, 0) is 24.6 Å². The molecule has 0 saturated carbocycles. The summed E-state index contributed by atoms with van der Waals surface area (Å²) in [5.74, 6) is 1.80. The number of aromatic nitrogens is 2. The quantitative estimate of drug-likeness (QED) is 0.926. The van der Waals surface area contributed by atoms with Crippen molar-refractivity contribution in [2.75, 3.05) is 12.4 Å². The lowest BCUT2D eigenvalue weighted by atomic mass is 10.2. The summed E-state index contributed by atoms with van der Waals surface area (Å²) in [5, 5.41) is 7.66. The molecule has 0 fully saturated rings. The van der Waals surface area contributed by atoms with Crippen LogP contribution in [0.2, 0.25) is 0 Å². The molecule has 98 valence electrons. The third-order valence-electron chi connectivity index (χ3n) is 2.61. The van der Waals surface area contributed by atoms with Gasteiger partial charge < -0.3 is 10.1 Å². The molecule has 0 aliphatic heterocycles. The van der Waals surface area contributed by atoms with Crippen LogP contribution in [0.5, 0.6) is 5.75 Å². The van der Waals surface area contributed by atoms with Crippen LogP contribution in [0, 0.1) is 6.92 Å². The molecule has 18 heavy (non-hydrogen) atoms. The van der Waals surface area contributed by atoms with E-state index < -0.39 is 0 Å². The lowest BCUT2D eigenvalue weighted by molar-refractivity contribution is 0.414. The van der Waals surface area contributed by atoms with Crippen LogP contribution >= 0.6 is 12.4 Å². The zero-order valence-electron chi connectivity index (χ0n) is 10.8. The molecule has 0 spiro atoms. The second kappa shape index (κ2) is 6.31. The Morgan fingerprint density at radius 3 is 2.78 bits per heavy atom. The Bertz CT molecular complexity index is 511. The molecule has 2 rings (SSSR count). The first kappa shape index (κ1) is 14.4. The van der Waals surface area contributed by atoms with Crippen molar-refractivity contribution < 1.29 is 4.74 Å². The normalized spacial score (nSPS) is 9.72. The summed E-state index contributed by atoms with van der Waals surface area (Å²) >= 11 is 0. The van der Waals surface area contributed by atoms with Gasteiger partial charge in [-0.2, -0.15) is 5.10 Å². The Balaban J connectivity index is 0.00000162. The number of methoxy groups -OCH3 is 1. The fraction of sp³-hybridized carbons (Fsp3) is 0.308. The summed E-state index contributed by atoms with van der Waals surface area (Å²) in [6.45, 7) is 2.79. The average Bonchev–Trinajstić information content (AvgIpc) is 2.65. The Morgan fingerprint density at radius 1 is 1.39 bits per heavy atom. The van der Waals surface area contributed by atoms with Gasteiger partial charge in [-0.15, -0.1) is 12.4 Å². The fourth-order valence-corrected chi connectivity index (χ4v) is 1.75. The number of ether oxygens (including phenoxy) is 1. The molecule has 0 radical (unpaired) electrons. The minimum Gasteiger partial charge on any atom is -0.497 e. The predicted octanol–water partition coefficient (Wildman–Crippen LogP) is 2.77. The van der Waals surface area contributed by atoms with Crippen LogP contribution < -0.4 is 10.1 Å². The molecular formula is C13H18ClN3O. The van der Waals surface area contributed by atoms with Crippen LogP contribution in [0.1, 0.15) is 11.1 Å². The second-order valence-corrected chi connectivity index (χ2v) is 4.04. The average molecular weight is 268 g/mol. The van der Waals surface area contributed by atoms with Crippen LogP contribution in [0.4, 0.5) is 5.82 Å². The standard InChI is InChI=1S/C13H17N3O.ClH/c1-10-9-16(2)15-13(10)14-8-11-5-4-6-12(7-11)17-3;/h4-7,9H,8H2,1-3H3,(H,14,15);1H. The van der Waals surface area contributed by atoms with Crippen molar-refractivity contribution >= 4 is 18.2 Å². The fourth-order valence-electron chi connectivity index (χ4n) is 1.75. The highest BCUT2D eigenvalue weighted by molar-refractivity contribution is 5.85. The third kappa shape index (κ3) is 3.40. The van der Waals surface area contributed by atoms with Crippen molar-refractivity contribution in [2.45, 2.75) is 13.5 Å². The predicted molar refractivity (Wildman–Crippen MR) is 75.5 cm³/mol. The largest absolute Gasteiger partial charge is 0.497 e. The number of rotatable bonds is 4. The van der Waals surface area contributed by atoms with Crippen LogP contribution in [0.25, 0.3) is 0 Å². The first-order valence-corrected chi connectivity index (χ1v) is 5.56. The maximum atomic E-state index is 5.19. The van der Waals surface area contributed by atoms with Gasteiger partial charge in [-0.1, -0.05) is 12.1 Å². The van der Waals surface area contributed by atoms with E-state index in [1.54, 1.807) is 7.11 Å². The Morgan fingerprint density at radius 2 is 2.17 bits per heavy atom. The number of hydrogen-bond acceptors (Lipinski definition) is 3. The molecular weight excluding hydrogens is 250 g/mol. The number of aryl methyl sites for hydroxylation is 2. The molecule has 0 unspecified atom stereocenters. The van der Waals surface area contributed by atoms with E-state index in [2.05, 4.69) is 16.5 Å². The van der Waals surface area contributed by atoms with E-state index >= 15 is 0 Å². The van der Waals surface area contributed by atoms with E-state index in [-0.39, 0.29) is 12.4 Å². The van der Waals surface area contributed by atoms with E-state index in [0.717, 1.165) is 23.7 Å². The molecule has 1 aromatic carbocycles. The Kier molecular flexibility index (Phi) is 5.04. The smallest absolute Gasteiger partial charge is 0.151 e. The first-order valence-electron chi connectivity index (χ1n) is 5.56. The Labute approximate surface area is 113 Å². The monoisotopic (exact) mass is 267 g/mol. The van der Waals surface area contributed by atoms with Gasteiger partial charge >= 0.3 is 0 Å². The molecule has 5 heteroatoms. The van der Waals surface area contributed by atoms with Gasteiger partial charge in [0.25, 0.3) is 0 Å². The zero-order chi connectivity index (χ0) is 12.3. The SMILES string of the molecule is COc1cccc(CNc2nn(C)cc2C)c1.Cl. The van der Waals surface area contributed by atoms with Crippen LogP contribution in [0.3, 0.4) is 0 Å². The van der Waals surface area contributed by atoms with Crippen molar-refractivity contribution in [3.8, 4) is 5.75 Å². The van der Waals surface area contributed by atoms with Gasteiger partial charge in [0.05, 0.1) is 7.11 Å². The van der Waals surface area contributed by atoms with Gasteiger partial charge in [0.2, 0.25) is 0 Å². The summed E-state index contributed by atoms with van der Waals surface area (Å²) in [6, 6.07) is 8.01. The minimum atomic E-state index is 0. The highest BCUT2D eigenvalue weighted by Crippen LogP contribution is 2.15. The maximum absolute atomic E-state index is 5.19. The van der Waals surface area contributed by atoms with Crippen LogP contribution in [-0.2, 0) is 13.6 Å². The highest BCUT2D eigenvalue weighted by Gasteiger charge is 2.02. The van der Waals surface area contributed by atoms with Gasteiger partial charge in [0, 0.05) is 25.4 Å². The molecule has 4 nitrogen and oxygen atoms in total. The number of hydrogen-bond donors (Lipinski definition) is 1. The molecule has 0 aliphatic rings. The van der Waals surface area contributed by atoms with E-state index in [9.17, 15) is 0 Å². The summed E-state index contributed by atoms with van der Waals surface area (Å²) in [4.78, 5) is 0. The van der Waals surface area contributed by atoms with Gasteiger partial charge in [-0.3, -0.25) is 4.68 Å². The molecule has 0 saturated heterocycles. The zero-order valence-corrected chi connectivity index (χ0v) is 11.6. The summed E-state index contributed by atoms with van der Waals surface area (Å²) in [5.41, 5.74) is 2.32. The van der Waals surface area contributed by atoms with Crippen LogP contribution in [0.15, 0.2) is 30.5 Å². The molecule has 1 heterocycles. The van der Waals surface area contributed by atoms with Crippen molar-refractivity contribution in [3.05, 3.63) is 41.6 Å². The molecule has 0 atom stereocenters. The summed E-state index contributed by atoms with van der Waals surface area (Å²) in [7, 11) is 3.60. The second-order valence-electron chi connectivity index (χ2n) is 4.04. The van der Waals surface area contributed by atoms with E-state index in [1.807, 2.05) is 43.0 Å². The number of benzene rings is 1. The van der Waals surface area contributed by atoms with Gasteiger partial charge in [-0.25, -0.2) is 0 Å². The number of nitrogens with one attached hydrogen (secondary N) is 1. The molecule has 1 aromatic heterocycles. The molecule has 2 aromatic rings. The molecule has 1 N–H and O–H groups in total.